The third-order valence-electron chi connectivity index (χ3n) is 5.48. The molecule has 2 aliphatic rings. The first-order valence-corrected chi connectivity index (χ1v) is 9.28. The van der Waals surface area contributed by atoms with Crippen LogP contribution in [0.3, 0.4) is 0 Å². The molecule has 0 radical (unpaired) electrons. The standard InChI is InChI=1S/C19H22NP/c1-13-14(2)19-16(17-10-7-11-20(17)3)12-18(13)21(19)15-8-5-4-6-9-15/h4-11,16,18-19H,12H2,1-3H3/t16-,18+,19+,21?/m1/s1. The summed E-state index contributed by atoms with van der Waals surface area (Å²) in [5, 5.41) is 1.59. The van der Waals surface area contributed by atoms with Gasteiger partial charge < -0.3 is 4.57 Å². The molecule has 0 N–H and O–H groups in total. The predicted octanol–water partition coefficient (Wildman–Crippen LogP) is 4.41. The van der Waals surface area contributed by atoms with Crippen LogP contribution < -0.4 is 5.30 Å². The maximum absolute atomic E-state index is 2.38. The molecule has 2 aromatic rings. The summed E-state index contributed by atoms with van der Waals surface area (Å²) in [6, 6.07) is 15.8. The third kappa shape index (κ3) is 1.87. The minimum Gasteiger partial charge on any atom is -0.354 e. The van der Waals surface area contributed by atoms with Crippen LogP contribution in [0.2, 0.25) is 0 Å². The summed E-state index contributed by atoms with van der Waals surface area (Å²) in [5.41, 5.74) is 6.43. The van der Waals surface area contributed by atoms with Crippen molar-refractivity contribution in [3.63, 3.8) is 0 Å². The van der Waals surface area contributed by atoms with Gasteiger partial charge in [0.2, 0.25) is 0 Å². The van der Waals surface area contributed by atoms with Gasteiger partial charge in [0.05, 0.1) is 0 Å². The van der Waals surface area contributed by atoms with E-state index in [1.54, 1.807) is 16.5 Å². The number of aromatic nitrogens is 1. The van der Waals surface area contributed by atoms with Crippen LogP contribution in [-0.4, -0.2) is 15.9 Å². The van der Waals surface area contributed by atoms with Crippen LogP contribution in [0.25, 0.3) is 0 Å². The molecular weight excluding hydrogens is 273 g/mol. The lowest BCUT2D eigenvalue weighted by Crippen LogP contribution is -2.19. The van der Waals surface area contributed by atoms with E-state index in [-0.39, 0.29) is 7.92 Å². The van der Waals surface area contributed by atoms with Crippen molar-refractivity contribution < 1.29 is 0 Å². The molecule has 0 aliphatic carbocycles. The normalized spacial score (nSPS) is 31.2. The maximum Gasteiger partial charge on any atom is 0.0212 e. The molecule has 108 valence electrons. The number of nitrogens with zero attached hydrogens (tertiary/aromatic N) is 1. The Kier molecular flexibility index (Phi) is 3.08. The lowest BCUT2D eigenvalue weighted by Gasteiger charge is -2.25. The van der Waals surface area contributed by atoms with E-state index in [0.717, 1.165) is 11.3 Å². The van der Waals surface area contributed by atoms with Crippen molar-refractivity contribution in [2.24, 2.45) is 7.05 Å². The Morgan fingerprint density at radius 3 is 2.43 bits per heavy atom. The average molecular weight is 295 g/mol. The van der Waals surface area contributed by atoms with Gasteiger partial charge in [0.25, 0.3) is 0 Å². The van der Waals surface area contributed by atoms with Crippen molar-refractivity contribution in [3.8, 4) is 0 Å². The largest absolute Gasteiger partial charge is 0.354 e. The molecule has 2 bridgehead atoms. The van der Waals surface area contributed by atoms with Crippen molar-refractivity contribution in [1.29, 1.82) is 0 Å². The van der Waals surface area contributed by atoms with Gasteiger partial charge in [-0.2, -0.15) is 0 Å². The number of rotatable bonds is 2. The summed E-state index contributed by atoms with van der Waals surface area (Å²) in [4.78, 5) is 0. The molecule has 0 amide bonds. The molecule has 1 fully saturated rings. The van der Waals surface area contributed by atoms with Crippen molar-refractivity contribution in [1.82, 2.24) is 4.57 Å². The van der Waals surface area contributed by atoms with Gasteiger partial charge in [0.15, 0.2) is 0 Å². The summed E-state index contributed by atoms with van der Waals surface area (Å²) < 4.78 is 2.33. The molecule has 4 atom stereocenters. The smallest absolute Gasteiger partial charge is 0.0212 e. The zero-order valence-corrected chi connectivity index (χ0v) is 13.8. The van der Waals surface area contributed by atoms with E-state index in [9.17, 15) is 0 Å². The quantitative estimate of drug-likeness (QED) is 0.571. The Morgan fingerprint density at radius 1 is 1.00 bits per heavy atom. The van der Waals surface area contributed by atoms with Gasteiger partial charge in [0, 0.05) is 36.2 Å². The molecule has 2 aliphatic heterocycles. The van der Waals surface area contributed by atoms with Crippen molar-refractivity contribution in [2.45, 2.75) is 37.5 Å². The maximum atomic E-state index is 2.38. The first-order chi connectivity index (χ1) is 10.2. The molecule has 3 heterocycles. The van der Waals surface area contributed by atoms with Gasteiger partial charge in [-0.1, -0.05) is 49.4 Å². The Morgan fingerprint density at radius 2 is 1.76 bits per heavy atom. The van der Waals surface area contributed by atoms with Crippen LogP contribution in [0.1, 0.15) is 31.9 Å². The number of fused-ring (bicyclic) bond motifs is 2. The molecule has 1 aromatic carbocycles. The van der Waals surface area contributed by atoms with Crippen LogP contribution in [0.4, 0.5) is 0 Å². The average Bonchev–Trinajstić information content (AvgIpc) is 3.14. The van der Waals surface area contributed by atoms with E-state index in [2.05, 4.69) is 74.1 Å². The Labute approximate surface area is 128 Å². The second kappa shape index (κ2) is 4.85. The fraction of sp³-hybridized carbons (Fsp3) is 0.368. The van der Waals surface area contributed by atoms with Gasteiger partial charge in [-0.25, -0.2) is 0 Å². The van der Waals surface area contributed by atoms with Crippen LogP contribution in [0, 0.1) is 0 Å². The highest BCUT2D eigenvalue weighted by atomic mass is 31.1. The highest BCUT2D eigenvalue weighted by Crippen LogP contribution is 2.69. The molecule has 0 spiro atoms. The van der Waals surface area contributed by atoms with Crippen molar-refractivity contribution >= 4 is 13.2 Å². The lowest BCUT2D eigenvalue weighted by atomic mass is 9.83. The van der Waals surface area contributed by atoms with Gasteiger partial charge >= 0.3 is 0 Å². The zero-order chi connectivity index (χ0) is 14.6. The fourth-order valence-corrected chi connectivity index (χ4v) is 8.29. The van der Waals surface area contributed by atoms with E-state index in [0.29, 0.717) is 5.92 Å². The predicted molar refractivity (Wildman–Crippen MR) is 91.7 cm³/mol. The minimum atomic E-state index is -0.0741. The highest BCUT2D eigenvalue weighted by Gasteiger charge is 2.51. The van der Waals surface area contributed by atoms with Crippen LogP contribution >= 0.6 is 7.92 Å². The lowest BCUT2D eigenvalue weighted by molar-refractivity contribution is 0.598. The molecule has 2 heteroatoms. The van der Waals surface area contributed by atoms with Gasteiger partial charge in [-0.15, -0.1) is 0 Å². The number of benzene rings is 1. The summed E-state index contributed by atoms with van der Waals surface area (Å²) in [6.45, 7) is 4.76. The summed E-state index contributed by atoms with van der Waals surface area (Å²) >= 11 is 0. The molecule has 21 heavy (non-hydrogen) atoms. The molecule has 4 rings (SSSR count). The molecule has 1 saturated heterocycles. The van der Waals surface area contributed by atoms with Crippen LogP contribution in [0.5, 0.6) is 0 Å². The Balaban J connectivity index is 1.78. The second-order valence-electron chi connectivity index (χ2n) is 6.46. The van der Waals surface area contributed by atoms with Crippen LogP contribution in [0.15, 0.2) is 59.8 Å². The fourth-order valence-electron chi connectivity index (χ4n) is 4.35. The molecule has 0 saturated carbocycles. The molecule has 1 aromatic heterocycles. The minimum absolute atomic E-state index is 0.0741. The summed E-state index contributed by atoms with van der Waals surface area (Å²) in [5.74, 6) is 0.713. The molecular formula is C19H22NP. The Hall–Kier alpha value is -1.33. The van der Waals surface area contributed by atoms with Crippen LogP contribution in [-0.2, 0) is 7.05 Å². The number of aryl methyl sites for hydroxylation is 1. The van der Waals surface area contributed by atoms with Gasteiger partial charge in [-0.3, -0.25) is 0 Å². The second-order valence-corrected chi connectivity index (χ2v) is 8.97. The first-order valence-electron chi connectivity index (χ1n) is 7.80. The molecule has 1 unspecified atom stereocenters. The van der Waals surface area contributed by atoms with Gasteiger partial charge in [-0.05, 0) is 37.7 Å². The van der Waals surface area contributed by atoms with E-state index >= 15 is 0 Å². The summed E-state index contributed by atoms with van der Waals surface area (Å²) in [7, 11) is 2.12. The van der Waals surface area contributed by atoms with E-state index in [1.165, 1.54) is 12.1 Å². The van der Waals surface area contributed by atoms with Crippen molar-refractivity contribution in [3.05, 3.63) is 65.5 Å². The number of allylic oxidation sites excluding steroid dienone is 2. The topological polar surface area (TPSA) is 4.93 Å². The Bertz CT molecular complexity index is 697. The number of hydrogen-bond acceptors (Lipinski definition) is 0. The monoisotopic (exact) mass is 295 g/mol. The zero-order valence-electron chi connectivity index (χ0n) is 13.0. The van der Waals surface area contributed by atoms with Crippen molar-refractivity contribution in [2.75, 3.05) is 0 Å². The van der Waals surface area contributed by atoms with E-state index < -0.39 is 0 Å². The highest BCUT2D eigenvalue weighted by molar-refractivity contribution is 7.68. The van der Waals surface area contributed by atoms with E-state index in [1.807, 2.05) is 0 Å². The first kappa shape index (κ1) is 13.3. The molecule has 1 nitrogen and oxygen atoms in total. The van der Waals surface area contributed by atoms with E-state index in [4.69, 9.17) is 0 Å². The van der Waals surface area contributed by atoms with Gasteiger partial charge in [0.1, 0.15) is 0 Å². The summed E-state index contributed by atoms with van der Waals surface area (Å²) in [6.07, 6.45) is 3.53. The third-order valence-corrected chi connectivity index (χ3v) is 8.99. The number of hydrogen-bond donors (Lipinski definition) is 0. The SMILES string of the molecule is CC1=C(C)[C@H]2[C@@H](c3cccn3C)C[C@@H]1P2c1ccccc1.